The van der Waals surface area contributed by atoms with Crippen molar-refractivity contribution < 1.29 is 22.3 Å². The van der Waals surface area contributed by atoms with Gasteiger partial charge in [-0.3, -0.25) is 0 Å². The summed E-state index contributed by atoms with van der Waals surface area (Å²) >= 11 is 0. The summed E-state index contributed by atoms with van der Waals surface area (Å²) in [6.07, 6.45) is 2.73. The van der Waals surface area contributed by atoms with Crippen LogP contribution in [0, 0.1) is 18.6 Å². The van der Waals surface area contributed by atoms with Gasteiger partial charge in [0.2, 0.25) is 5.82 Å². The molecule has 2 unspecified atom stereocenters. The number of halogens is 4. The van der Waals surface area contributed by atoms with Gasteiger partial charge in [-0.15, -0.1) is 0 Å². The zero-order chi connectivity index (χ0) is 23.5. The molecule has 4 rings (SSSR count). The van der Waals surface area contributed by atoms with Gasteiger partial charge in [-0.05, 0) is 46.9 Å². The fourth-order valence-corrected chi connectivity index (χ4v) is 3.74. The fourth-order valence-electron chi connectivity index (χ4n) is 3.74. The van der Waals surface area contributed by atoms with E-state index in [4.69, 9.17) is 4.74 Å². The number of benzene rings is 3. The largest absolute Gasteiger partial charge is 0.494 e. The zero-order valence-corrected chi connectivity index (χ0v) is 18.2. The second-order valence-corrected chi connectivity index (χ2v) is 7.85. The average molecular weight is 450 g/mol. The summed E-state index contributed by atoms with van der Waals surface area (Å²) in [5.74, 6) is -2.21. The monoisotopic (exact) mass is 450 g/mol. The summed E-state index contributed by atoms with van der Waals surface area (Å²) in [5, 5.41) is 0. The minimum absolute atomic E-state index is 0.0743. The number of alkyl halides is 2. The minimum atomic E-state index is -1.79. The van der Waals surface area contributed by atoms with Crippen molar-refractivity contribution >= 4 is 23.3 Å². The van der Waals surface area contributed by atoms with Crippen LogP contribution in [-0.4, -0.2) is 19.5 Å². The predicted molar refractivity (Wildman–Crippen MR) is 125 cm³/mol. The van der Waals surface area contributed by atoms with Gasteiger partial charge >= 0.3 is 0 Å². The van der Waals surface area contributed by atoms with E-state index in [2.05, 4.69) is 0 Å². The topological polar surface area (TPSA) is 9.23 Å². The van der Waals surface area contributed by atoms with Crippen LogP contribution < -0.4 is 4.74 Å². The Balaban J connectivity index is 1.55. The normalized spacial score (nSPS) is 18.2. The lowest BCUT2D eigenvalue weighted by Gasteiger charge is -2.24. The second-order valence-electron chi connectivity index (χ2n) is 7.85. The molecule has 0 N–H and O–H groups in total. The number of hydrogen-bond acceptors (Lipinski definition) is 1. The van der Waals surface area contributed by atoms with E-state index in [9.17, 15) is 17.6 Å². The Kier molecular flexibility index (Phi) is 6.50. The van der Waals surface area contributed by atoms with Gasteiger partial charge < -0.3 is 4.74 Å². The molecule has 0 saturated carbocycles. The Morgan fingerprint density at radius 1 is 0.697 bits per heavy atom. The van der Waals surface area contributed by atoms with E-state index < -0.39 is 24.0 Å². The van der Waals surface area contributed by atoms with Gasteiger partial charge in [0.15, 0.2) is 23.9 Å². The van der Waals surface area contributed by atoms with Gasteiger partial charge in [-0.1, -0.05) is 78.4 Å². The van der Waals surface area contributed by atoms with E-state index >= 15 is 0 Å². The number of aryl methyl sites for hydroxylation is 1. The SMILES string of the molecule is COc1ccc(/C=C/c2ccc(C3=CC=C(c4ccc(C)cc4)C(F)C3F)cc2)c(F)c1F. The number of methoxy groups -OCH3 is 1. The van der Waals surface area contributed by atoms with Crippen LogP contribution in [0.1, 0.15) is 27.8 Å². The van der Waals surface area contributed by atoms with Crippen LogP contribution in [0.4, 0.5) is 17.6 Å². The maximum absolute atomic E-state index is 15.0. The summed E-state index contributed by atoms with van der Waals surface area (Å²) in [6, 6.07) is 16.9. The van der Waals surface area contributed by atoms with Crippen molar-refractivity contribution in [2.45, 2.75) is 19.3 Å². The van der Waals surface area contributed by atoms with E-state index in [1.165, 1.54) is 25.3 Å². The summed E-state index contributed by atoms with van der Waals surface area (Å²) in [6.45, 7) is 1.94. The highest BCUT2D eigenvalue weighted by atomic mass is 19.2. The molecule has 1 aliphatic carbocycles. The summed E-state index contributed by atoms with van der Waals surface area (Å²) in [7, 11) is 1.27. The Bertz CT molecular complexity index is 1240. The highest BCUT2D eigenvalue weighted by Gasteiger charge is 2.32. The van der Waals surface area contributed by atoms with Crippen LogP contribution in [0.15, 0.2) is 72.8 Å². The first-order chi connectivity index (χ1) is 15.9. The Hall–Kier alpha value is -3.60. The van der Waals surface area contributed by atoms with Crippen molar-refractivity contribution in [2.75, 3.05) is 7.11 Å². The Morgan fingerprint density at radius 2 is 1.24 bits per heavy atom. The summed E-state index contributed by atoms with van der Waals surface area (Å²) < 4.78 is 62.6. The quantitative estimate of drug-likeness (QED) is 0.287. The minimum Gasteiger partial charge on any atom is -0.494 e. The lowest BCUT2D eigenvalue weighted by Crippen LogP contribution is -2.23. The molecule has 0 fully saturated rings. The van der Waals surface area contributed by atoms with Crippen LogP contribution >= 0.6 is 0 Å². The molecule has 0 radical (unpaired) electrons. The molecule has 3 aromatic rings. The van der Waals surface area contributed by atoms with Crippen LogP contribution in [-0.2, 0) is 0 Å². The van der Waals surface area contributed by atoms with Gasteiger partial charge in [0, 0.05) is 5.56 Å². The van der Waals surface area contributed by atoms with Crippen LogP contribution in [0.3, 0.4) is 0 Å². The molecule has 168 valence electrons. The average Bonchev–Trinajstić information content (AvgIpc) is 2.83. The van der Waals surface area contributed by atoms with E-state index in [1.807, 2.05) is 19.1 Å². The molecule has 5 heteroatoms. The van der Waals surface area contributed by atoms with Crippen LogP contribution in [0.2, 0.25) is 0 Å². The molecule has 0 aromatic heterocycles. The van der Waals surface area contributed by atoms with Crippen molar-refractivity contribution in [2.24, 2.45) is 0 Å². The second kappa shape index (κ2) is 9.49. The van der Waals surface area contributed by atoms with Gasteiger partial charge in [-0.25, -0.2) is 13.2 Å². The standard InChI is InChI=1S/C28H22F4O/c1-17-3-8-19(9-4-17)22-14-15-23(27(31)26(22)30)20-10-5-18(6-11-20)7-12-21-13-16-24(33-2)28(32)25(21)29/h3-16,26-27H,1-2H3/b12-7+. The number of hydrogen-bond donors (Lipinski definition) is 0. The first-order valence-electron chi connectivity index (χ1n) is 10.5. The van der Waals surface area contributed by atoms with Gasteiger partial charge in [0.1, 0.15) is 0 Å². The predicted octanol–water partition coefficient (Wildman–Crippen LogP) is 7.61. The lowest BCUT2D eigenvalue weighted by molar-refractivity contribution is 0.262. The van der Waals surface area contributed by atoms with Crippen molar-refractivity contribution in [1.29, 1.82) is 0 Å². The molecule has 2 atom stereocenters. The fraction of sp³-hybridized carbons (Fsp3) is 0.143. The van der Waals surface area contributed by atoms with Gasteiger partial charge in [0.25, 0.3) is 0 Å². The zero-order valence-electron chi connectivity index (χ0n) is 18.2. The summed E-state index contributed by atoms with van der Waals surface area (Å²) in [5.41, 5.74) is 3.63. The van der Waals surface area contributed by atoms with Gasteiger partial charge in [-0.2, -0.15) is 4.39 Å². The Labute approximate surface area is 190 Å². The van der Waals surface area contributed by atoms with Crippen molar-refractivity contribution in [3.63, 3.8) is 0 Å². The molecule has 0 bridgehead atoms. The molecule has 0 amide bonds. The number of rotatable bonds is 5. The molecule has 0 saturated heterocycles. The number of allylic oxidation sites excluding steroid dienone is 4. The lowest BCUT2D eigenvalue weighted by atomic mass is 9.87. The van der Waals surface area contributed by atoms with Crippen molar-refractivity contribution in [1.82, 2.24) is 0 Å². The van der Waals surface area contributed by atoms with Gasteiger partial charge in [0.05, 0.1) is 7.11 Å². The highest BCUT2D eigenvalue weighted by molar-refractivity contribution is 5.83. The molecule has 1 nitrogen and oxygen atoms in total. The first kappa shape index (κ1) is 22.6. The third-order valence-corrected chi connectivity index (χ3v) is 5.67. The van der Waals surface area contributed by atoms with E-state index in [0.29, 0.717) is 22.3 Å². The first-order valence-corrected chi connectivity index (χ1v) is 10.5. The summed E-state index contributed by atoms with van der Waals surface area (Å²) in [4.78, 5) is 0. The molecular weight excluding hydrogens is 428 g/mol. The maximum Gasteiger partial charge on any atom is 0.201 e. The highest BCUT2D eigenvalue weighted by Crippen LogP contribution is 2.36. The molecule has 0 heterocycles. The molecule has 3 aromatic carbocycles. The smallest absolute Gasteiger partial charge is 0.201 e. The third kappa shape index (κ3) is 4.63. The van der Waals surface area contributed by atoms with E-state index in [1.54, 1.807) is 54.6 Å². The van der Waals surface area contributed by atoms with Crippen molar-refractivity contribution in [3.8, 4) is 5.75 Å². The van der Waals surface area contributed by atoms with Crippen LogP contribution in [0.25, 0.3) is 23.3 Å². The maximum atomic E-state index is 15.0. The number of ether oxygens (including phenoxy) is 1. The third-order valence-electron chi connectivity index (χ3n) is 5.67. The molecule has 0 spiro atoms. The molecular formula is C28H22F4O. The molecule has 33 heavy (non-hydrogen) atoms. The molecule has 0 aliphatic heterocycles. The van der Waals surface area contributed by atoms with E-state index in [-0.39, 0.29) is 16.9 Å². The molecule has 1 aliphatic rings. The van der Waals surface area contributed by atoms with Crippen molar-refractivity contribution in [3.05, 3.63) is 112 Å². The Morgan fingerprint density at radius 3 is 1.79 bits per heavy atom. The van der Waals surface area contributed by atoms with Crippen LogP contribution in [0.5, 0.6) is 5.75 Å². The van der Waals surface area contributed by atoms with E-state index in [0.717, 1.165) is 5.56 Å².